The summed E-state index contributed by atoms with van der Waals surface area (Å²) in [5.41, 5.74) is 2.57. The number of aryl methyl sites for hydroxylation is 1. The fourth-order valence-corrected chi connectivity index (χ4v) is 2.27. The summed E-state index contributed by atoms with van der Waals surface area (Å²) in [6.45, 7) is 0.891. The molecule has 0 bridgehead atoms. The van der Waals surface area contributed by atoms with Crippen molar-refractivity contribution in [1.82, 2.24) is 0 Å². The van der Waals surface area contributed by atoms with Crippen LogP contribution in [-0.2, 0) is 13.6 Å². The summed E-state index contributed by atoms with van der Waals surface area (Å²) in [7, 11) is 2.13. The molecule has 2 nitrogen and oxygen atoms in total. The smallest absolute Gasteiger partial charge is 0.247 e. The van der Waals surface area contributed by atoms with Crippen molar-refractivity contribution in [3.8, 4) is 0 Å². The van der Waals surface area contributed by atoms with E-state index >= 15 is 0 Å². The van der Waals surface area contributed by atoms with Gasteiger partial charge < -0.3 is 24.0 Å². The van der Waals surface area contributed by atoms with Crippen LogP contribution in [0.5, 0.6) is 0 Å². The lowest BCUT2D eigenvalue weighted by Gasteiger charge is -2.01. The highest BCUT2D eigenvalue weighted by Crippen LogP contribution is 2.09. The van der Waals surface area contributed by atoms with E-state index in [1.54, 1.807) is 0 Å². The van der Waals surface area contributed by atoms with Gasteiger partial charge in [-0.15, -0.1) is 0 Å². The maximum absolute atomic E-state index is 2.26. The lowest BCUT2D eigenvalue weighted by molar-refractivity contribution is -0.728. The molecule has 3 heteroatoms. The summed E-state index contributed by atoms with van der Waals surface area (Å²) in [6, 6.07) is 19.0. The Labute approximate surface area is 130 Å². The zero-order valence-electron chi connectivity index (χ0n) is 10.8. The molecule has 96 valence electrons. The highest BCUT2D eigenvalue weighted by Gasteiger charge is 2.14. The Morgan fingerprint density at radius 3 is 2.37 bits per heavy atom. The average molecular weight is 363 g/mol. The molecule has 3 aromatic rings. The van der Waals surface area contributed by atoms with Crippen LogP contribution in [0.25, 0.3) is 10.9 Å². The topological polar surface area (TPSA) is 7.76 Å². The second kappa shape index (κ2) is 6.10. The third-order valence-corrected chi connectivity index (χ3v) is 3.31. The summed E-state index contributed by atoms with van der Waals surface area (Å²) in [5, 5.41) is 1.28. The van der Waals surface area contributed by atoms with E-state index in [4.69, 9.17) is 0 Å². The molecule has 3 rings (SSSR count). The zero-order valence-corrected chi connectivity index (χ0v) is 13.0. The zero-order chi connectivity index (χ0) is 12.4. The van der Waals surface area contributed by atoms with Crippen LogP contribution >= 0.6 is 0 Å². The first-order valence-electron chi connectivity index (χ1n) is 6.15. The van der Waals surface area contributed by atoms with E-state index in [0.717, 1.165) is 6.54 Å². The molecule has 2 aromatic heterocycles. The number of pyridine rings is 2. The minimum atomic E-state index is 0. The molecule has 0 saturated heterocycles. The molecule has 0 aliphatic rings. The summed E-state index contributed by atoms with van der Waals surface area (Å²) >= 11 is 0. The number of rotatable bonds is 2. The highest BCUT2D eigenvalue weighted by molar-refractivity contribution is 5.75. The predicted octanol–water partition coefficient (Wildman–Crippen LogP) is -0.996. The molecule has 0 unspecified atom stereocenters. The van der Waals surface area contributed by atoms with E-state index in [-0.39, 0.29) is 24.0 Å². The molecule has 0 radical (unpaired) electrons. The molecule has 0 saturated carbocycles. The normalized spacial score (nSPS) is 10.2. The monoisotopic (exact) mass is 363 g/mol. The number of hydrogen-bond donors (Lipinski definition) is 0. The maximum Gasteiger partial charge on any atom is 0.247 e. The van der Waals surface area contributed by atoms with Crippen molar-refractivity contribution in [2.24, 2.45) is 7.05 Å². The Kier molecular flexibility index (Phi) is 4.47. The molecule has 0 amide bonds. The van der Waals surface area contributed by atoms with Gasteiger partial charge in [0.25, 0.3) is 0 Å². The number of fused-ring (bicyclic) bond motifs is 1. The molecule has 19 heavy (non-hydrogen) atoms. The maximum atomic E-state index is 2.26. The van der Waals surface area contributed by atoms with Gasteiger partial charge in [-0.2, -0.15) is 9.13 Å². The van der Waals surface area contributed by atoms with Crippen LogP contribution in [0.3, 0.4) is 0 Å². The van der Waals surface area contributed by atoms with Crippen molar-refractivity contribution in [2.75, 3.05) is 0 Å². The van der Waals surface area contributed by atoms with Crippen LogP contribution in [-0.4, -0.2) is 0 Å². The minimum absolute atomic E-state index is 0. The quantitative estimate of drug-likeness (QED) is 0.408. The van der Waals surface area contributed by atoms with Crippen LogP contribution in [0.1, 0.15) is 5.69 Å². The average Bonchev–Trinajstić information content (AvgIpc) is 2.43. The molecule has 0 aliphatic carbocycles. The molecular formula is C16H16IN2+. The summed E-state index contributed by atoms with van der Waals surface area (Å²) in [6.07, 6.45) is 4.18. The molecule has 0 atom stereocenters. The van der Waals surface area contributed by atoms with Gasteiger partial charge in [-0.05, 0) is 12.1 Å². The van der Waals surface area contributed by atoms with E-state index in [1.165, 1.54) is 16.6 Å². The van der Waals surface area contributed by atoms with E-state index in [0.29, 0.717) is 0 Å². The van der Waals surface area contributed by atoms with E-state index in [2.05, 4.69) is 77.1 Å². The molecule has 0 aliphatic heterocycles. The summed E-state index contributed by atoms with van der Waals surface area (Å²) in [5.74, 6) is 0. The van der Waals surface area contributed by atoms with Crippen LogP contribution in [0, 0.1) is 0 Å². The third kappa shape index (κ3) is 2.92. The largest absolute Gasteiger partial charge is 1.00 e. The van der Waals surface area contributed by atoms with E-state index in [1.807, 2.05) is 6.07 Å². The lowest BCUT2D eigenvalue weighted by atomic mass is 10.2. The number of nitrogens with zero attached hydrogens (tertiary/aromatic N) is 2. The van der Waals surface area contributed by atoms with Crippen LogP contribution in [0.2, 0.25) is 0 Å². The highest BCUT2D eigenvalue weighted by atomic mass is 127. The molecular weight excluding hydrogens is 347 g/mol. The van der Waals surface area contributed by atoms with Gasteiger partial charge in [-0.25, -0.2) is 0 Å². The van der Waals surface area contributed by atoms with Crippen molar-refractivity contribution in [3.63, 3.8) is 0 Å². The van der Waals surface area contributed by atoms with Gasteiger partial charge in [0.05, 0.1) is 0 Å². The summed E-state index contributed by atoms with van der Waals surface area (Å²) < 4.78 is 4.44. The Balaban J connectivity index is 0.00000133. The number of halogens is 1. The van der Waals surface area contributed by atoms with Gasteiger partial charge >= 0.3 is 0 Å². The predicted molar refractivity (Wildman–Crippen MR) is 70.9 cm³/mol. The Morgan fingerprint density at radius 1 is 0.842 bits per heavy atom. The standard InChI is InChI=1S/C16H16N2.HI/c1-17-15(13-18-11-5-2-6-12-18)10-9-14-7-3-4-8-16(14)17;/h2-12H,13H2,1H3;1H/q+2;/p-1. The van der Waals surface area contributed by atoms with Crippen molar-refractivity contribution in [3.05, 3.63) is 72.7 Å². The van der Waals surface area contributed by atoms with Crippen LogP contribution in [0.15, 0.2) is 67.0 Å². The Bertz CT molecular complexity index is 681. The first-order chi connectivity index (χ1) is 8.84. The summed E-state index contributed by atoms with van der Waals surface area (Å²) in [4.78, 5) is 0. The fraction of sp³-hybridized carbons (Fsp3) is 0.125. The van der Waals surface area contributed by atoms with Crippen molar-refractivity contribution in [2.45, 2.75) is 6.54 Å². The minimum Gasteiger partial charge on any atom is -1.00 e. The van der Waals surface area contributed by atoms with Gasteiger partial charge in [0.15, 0.2) is 12.4 Å². The number of para-hydroxylation sites is 1. The van der Waals surface area contributed by atoms with Gasteiger partial charge in [0.2, 0.25) is 17.8 Å². The number of aromatic nitrogens is 2. The lowest BCUT2D eigenvalue weighted by Crippen LogP contribution is -3.00. The van der Waals surface area contributed by atoms with Crippen LogP contribution < -0.4 is 33.1 Å². The third-order valence-electron chi connectivity index (χ3n) is 3.31. The first kappa shape index (κ1) is 13.9. The molecule has 0 fully saturated rings. The van der Waals surface area contributed by atoms with Gasteiger partial charge in [-0.1, -0.05) is 18.2 Å². The van der Waals surface area contributed by atoms with Gasteiger partial charge in [-0.3, -0.25) is 0 Å². The van der Waals surface area contributed by atoms with E-state index in [9.17, 15) is 0 Å². The number of benzene rings is 1. The number of hydrogen-bond acceptors (Lipinski definition) is 0. The molecule has 2 heterocycles. The molecule has 1 aromatic carbocycles. The van der Waals surface area contributed by atoms with E-state index < -0.39 is 0 Å². The fourth-order valence-electron chi connectivity index (χ4n) is 2.27. The van der Waals surface area contributed by atoms with Gasteiger partial charge in [0.1, 0.15) is 7.05 Å². The van der Waals surface area contributed by atoms with Crippen LogP contribution in [0.4, 0.5) is 0 Å². The Hall–Kier alpha value is -1.49. The van der Waals surface area contributed by atoms with Crippen molar-refractivity contribution < 1.29 is 33.1 Å². The first-order valence-corrected chi connectivity index (χ1v) is 6.15. The second-order valence-corrected chi connectivity index (χ2v) is 4.49. The second-order valence-electron chi connectivity index (χ2n) is 4.49. The Morgan fingerprint density at radius 2 is 1.58 bits per heavy atom. The molecule has 0 spiro atoms. The molecule has 0 N–H and O–H groups in total. The van der Waals surface area contributed by atoms with Gasteiger partial charge in [0, 0.05) is 29.7 Å². The van der Waals surface area contributed by atoms with Crippen molar-refractivity contribution >= 4 is 10.9 Å². The SMILES string of the molecule is C[n+]1c(C[n+]2ccccc2)ccc2ccccc21.[I-]. The van der Waals surface area contributed by atoms with Crippen molar-refractivity contribution in [1.29, 1.82) is 0 Å².